The van der Waals surface area contributed by atoms with Crippen molar-refractivity contribution in [2.75, 3.05) is 0 Å². The predicted molar refractivity (Wildman–Crippen MR) is 96.0 cm³/mol. The third-order valence-electron chi connectivity index (χ3n) is 4.14. The molecule has 0 aliphatic rings. The van der Waals surface area contributed by atoms with Crippen molar-refractivity contribution in [1.29, 1.82) is 0 Å². The molecule has 0 unspecified atom stereocenters. The topological polar surface area (TPSA) is 72.7 Å². The van der Waals surface area contributed by atoms with E-state index >= 15 is 0 Å². The lowest BCUT2D eigenvalue weighted by Crippen LogP contribution is -2.28. The number of amides is 1. The van der Waals surface area contributed by atoms with Gasteiger partial charge in [-0.2, -0.15) is 5.10 Å². The van der Waals surface area contributed by atoms with Gasteiger partial charge in [0.25, 0.3) is 5.91 Å². The molecular weight excluding hydrogens is 314 g/mol. The van der Waals surface area contributed by atoms with Gasteiger partial charge in [-0.3, -0.25) is 14.5 Å². The van der Waals surface area contributed by atoms with Crippen molar-refractivity contribution in [1.82, 2.24) is 25.1 Å². The second-order valence-corrected chi connectivity index (χ2v) is 6.10. The molecule has 0 bridgehead atoms. The summed E-state index contributed by atoms with van der Waals surface area (Å²) in [6.45, 7) is 5.83. The average Bonchev–Trinajstić information content (AvgIpc) is 3.01. The molecule has 3 aromatic rings. The number of nitrogens with zero attached hydrogens (tertiary/aromatic N) is 4. The van der Waals surface area contributed by atoms with Crippen LogP contribution in [0.1, 0.15) is 40.5 Å². The first-order valence-corrected chi connectivity index (χ1v) is 8.15. The number of pyridine rings is 1. The first kappa shape index (κ1) is 16.8. The van der Waals surface area contributed by atoms with Gasteiger partial charge in [0.2, 0.25) is 0 Å². The van der Waals surface area contributed by atoms with Crippen LogP contribution in [0.25, 0.3) is 11.1 Å². The number of carbonyl (C=O) groups is 1. The second-order valence-electron chi connectivity index (χ2n) is 6.10. The zero-order chi connectivity index (χ0) is 18.0. The number of carbonyl (C=O) groups excluding carboxylic acids is 1. The normalized spacial score (nSPS) is 12.0. The van der Waals surface area contributed by atoms with E-state index in [0.29, 0.717) is 11.4 Å². The van der Waals surface area contributed by atoms with Crippen LogP contribution in [-0.2, 0) is 7.05 Å². The Morgan fingerprint density at radius 1 is 1.20 bits per heavy atom. The summed E-state index contributed by atoms with van der Waals surface area (Å²) in [6.07, 6.45) is 1.48. The number of benzene rings is 1. The SMILES string of the molecule is Cc1ccc(-c2cccc(C(=O)N[C@@H](C)c3ncnn3C)c2)c(C)n1. The summed E-state index contributed by atoms with van der Waals surface area (Å²) in [5.41, 5.74) is 4.54. The molecule has 0 saturated carbocycles. The van der Waals surface area contributed by atoms with Crippen molar-refractivity contribution in [3.63, 3.8) is 0 Å². The maximum atomic E-state index is 12.6. The summed E-state index contributed by atoms with van der Waals surface area (Å²) >= 11 is 0. The molecule has 6 heteroatoms. The van der Waals surface area contributed by atoms with E-state index in [1.54, 1.807) is 17.8 Å². The maximum absolute atomic E-state index is 12.6. The van der Waals surface area contributed by atoms with Gasteiger partial charge in [0.05, 0.1) is 6.04 Å². The van der Waals surface area contributed by atoms with Crippen LogP contribution in [0.4, 0.5) is 0 Å². The van der Waals surface area contributed by atoms with Gasteiger partial charge in [0.15, 0.2) is 0 Å². The summed E-state index contributed by atoms with van der Waals surface area (Å²) < 4.78 is 1.66. The minimum atomic E-state index is -0.230. The minimum Gasteiger partial charge on any atom is -0.342 e. The summed E-state index contributed by atoms with van der Waals surface area (Å²) in [6, 6.07) is 11.4. The Morgan fingerprint density at radius 3 is 2.68 bits per heavy atom. The van der Waals surface area contributed by atoms with E-state index in [9.17, 15) is 4.79 Å². The highest BCUT2D eigenvalue weighted by Gasteiger charge is 2.16. The number of aryl methyl sites for hydroxylation is 3. The highest BCUT2D eigenvalue weighted by Crippen LogP contribution is 2.23. The molecule has 1 aromatic carbocycles. The molecule has 1 amide bonds. The first-order valence-electron chi connectivity index (χ1n) is 8.15. The zero-order valence-electron chi connectivity index (χ0n) is 14.8. The molecule has 1 atom stereocenters. The van der Waals surface area contributed by atoms with Gasteiger partial charge in [-0.1, -0.05) is 18.2 Å². The Labute approximate surface area is 146 Å². The Balaban J connectivity index is 1.83. The lowest BCUT2D eigenvalue weighted by atomic mass is 10.0. The molecule has 6 nitrogen and oxygen atoms in total. The molecule has 0 aliphatic heterocycles. The monoisotopic (exact) mass is 335 g/mol. The first-order chi connectivity index (χ1) is 12.0. The molecule has 0 fully saturated rings. The molecular formula is C19H21N5O. The van der Waals surface area contributed by atoms with Crippen LogP contribution in [0.5, 0.6) is 0 Å². The number of nitrogens with one attached hydrogen (secondary N) is 1. The van der Waals surface area contributed by atoms with E-state index < -0.39 is 0 Å². The highest BCUT2D eigenvalue weighted by molar-refractivity contribution is 5.95. The van der Waals surface area contributed by atoms with Gasteiger partial charge in [-0.05, 0) is 44.5 Å². The van der Waals surface area contributed by atoms with Gasteiger partial charge >= 0.3 is 0 Å². The fourth-order valence-electron chi connectivity index (χ4n) is 2.86. The van der Waals surface area contributed by atoms with Crippen molar-refractivity contribution in [2.45, 2.75) is 26.8 Å². The lowest BCUT2D eigenvalue weighted by Gasteiger charge is -2.14. The molecule has 2 heterocycles. The van der Waals surface area contributed by atoms with Crippen LogP contribution in [0.15, 0.2) is 42.7 Å². The summed E-state index contributed by atoms with van der Waals surface area (Å²) in [4.78, 5) is 21.3. The highest BCUT2D eigenvalue weighted by atomic mass is 16.1. The van der Waals surface area contributed by atoms with Crippen LogP contribution < -0.4 is 5.32 Å². The van der Waals surface area contributed by atoms with Crippen LogP contribution in [0.2, 0.25) is 0 Å². The third kappa shape index (κ3) is 3.57. The van der Waals surface area contributed by atoms with Crippen LogP contribution in [0.3, 0.4) is 0 Å². The van der Waals surface area contributed by atoms with E-state index in [-0.39, 0.29) is 11.9 Å². The van der Waals surface area contributed by atoms with Crippen molar-refractivity contribution in [3.05, 3.63) is 65.5 Å². The molecule has 1 N–H and O–H groups in total. The molecule has 0 aliphatic carbocycles. The van der Waals surface area contributed by atoms with Gasteiger partial charge < -0.3 is 5.32 Å². The van der Waals surface area contributed by atoms with Gasteiger partial charge in [0.1, 0.15) is 12.2 Å². The smallest absolute Gasteiger partial charge is 0.251 e. The van der Waals surface area contributed by atoms with Gasteiger partial charge in [-0.15, -0.1) is 0 Å². The molecule has 2 aromatic heterocycles. The zero-order valence-corrected chi connectivity index (χ0v) is 14.8. The molecule has 0 spiro atoms. The molecule has 0 radical (unpaired) electrons. The van der Waals surface area contributed by atoms with Crippen LogP contribution in [0, 0.1) is 13.8 Å². The number of hydrogen-bond donors (Lipinski definition) is 1. The fraction of sp³-hybridized carbons (Fsp3) is 0.263. The average molecular weight is 335 g/mol. The van der Waals surface area contributed by atoms with E-state index in [2.05, 4.69) is 20.4 Å². The van der Waals surface area contributed by atoms with Crippen molar-refractivity contribution in [2.24, 2.45) is 7.05 Å². The minimum absolute atomic E-state index is 0.143. The van der Waals surface area contributed by atoms with Gasteiger partial charge in [-0.25, -0.2) is 4.98 Å². The Morgan fingerprint density at radius 2 is 2.00 bits per heavy atom. The Hall–Kier alpha value is -3.02. The fourth-order valence-corrected chi connectivity index (χ4v) is 2.86. The summed E-state index contributed by atoms with van der Waals surface area (Å²) in [5.74, 6) is 0.568. The van der Waals surface area contributed by atoms with Crippen LogP contribution in [-0.4, -0.2) is 25.7 Å². The number of hydrogen-bond acceptors (Lipinski definition) is 4. The maximum Gasteiger partial charge on any atom is 0.251 e. The Kier molecular flexibility index (Phi) is 4.61. The largest absolute Gasteiger partial charge is 0.342 e. The van der Waals surface area contributed by atoms with E-state index in [4.69, 9.17) is 0 Å². The van der Waals surface area contributed by atoms with Crippen LogP contribution >= 0.6 is 0 Å². The van der Waals surface area contributed by atoms with Crippen molar-refractivity contribution in [3.8, 4) is 11.1 Å². The lowest BCUT2D eigenvalue weighted by molar-refractivity contribution is 0.0937. The van der Waals surface area contributed by atoms with E-state index in [1.165, 1.54) is 6.33 Å². The standard InChI is InChI=1S/C19H21N5O/c1-12-8-9-17(13(2)22-12)15-6-5-7-16(10-15)19(25)23-14(3)18-20-11-21-24(18)4/h5-11,14H,1-4H3,(H,23,25)/t14-/m0/s1. The number of rotatable bonds is 4. The quantitative estimate of drug-likeness (QED) is 0.795. The van der Waals surface area contributed by atoms with E-state index in [0.717, 1.165) is 22.5 Å². The predicted octanol–water partition coefficient (Wildman–Crippen LogP) is 2.98. The molecule has 128 valence electrons. The van der Waals surface area contributed by atoms with E-state index in [1.807, 2.05) is 51.1 Å². The second kappa shape index (κ2) is 6.84. The molecule has 3 rings (SSSR count). The third-order valence-corrected chi connectivity index (χ3v) is 4.14. The van der Waals surface area contributed by atoms with Crippen molar-refractivity contribution < 1.29 is 4.79 Å². The summed E-state index contributed by atoms with van der Waals surface area (Å²) in [7, 11) is 1.80. The summed E-state index contributed by atoms with van der Waals surface area (Å²) in [5, 5.41) is 7.00. The van der Waals surface area contributed by atoms with Crippen molar-refractivity contribution >= 4 is 5.91 Å². The molecule has 25 heavy (non-hydrogen) atoms. The molecule has 0 saturated heterocycles. The Bertz CT molecular complexity index is 916. The number of aromatic nitrogens is 4. The van der Waals surface area contributed by atoms with Gasteiger partial charge in [0, 0.05) is 29.6 Å².